The van der Waals surface area contributed by atoms with Crippen molar-refractivity contribution in [2.45, 2.75) is 59.5 Å². The molecular weight excluding hydrogens is 526 g/mol. The van der Waals surface area contributed by atoms with Crippen LogP contribution in [-0.2, 0) is 31.8 Å². The number of aromatic nitrogens is 4. The molecule has 0 bridgehead atoms. The number of rotatable bonds is 5. The van der Waals surface area contributed by atoms with Crippen LogP contribution >= 0.6 is 11.3 Å². The Hall–Kier alpha value is -3.80. The fourth-order valence-corrected chi connectivity index (χ4v) is 6.48. The molecule has 3 aromatic heterocycles. The Morgan fingerprint density at radius 2 is 1.88 bits per heavy atom. The van der Waals surface area contributed by atoms with E-state index in [9.17, 15) is 14.7 Å². The lowest BCUT2D eigenvalue weighted by Gasteiger charge is -2.22. The maximum atomic E-state index is 13.5. The number of anilines is 3. The first-order valence-corrected chi connectivity index (χ1v) is 14.2. The average Bonchev–Trinajstić information content (AvgIpc) is 3.59. The fourth-order valence-electron chi connectivity index (χ4n) is 5.30. The first-order valence-electron chi connectivity index (χ1n) is 13.3. The zero-order valence-electron chi connectivity index (χ0n) is 23.4. The molecule has 0 spiro atoms. The number of hydrogen-bond acceptors (Lipinski definition) is 8. The van der Waals surface area contributed by atoms with E-state index in [0.717, 1.165) is 57.3 Å². The van der Waals surface area contributed by atoms with Crippen molar-refractivity contribution < 1.29 is 9.90 Å². The highest BCUT2D eigenvalue weighted by molar-refractivity contribution is 7.14. The van der Waals surface area contributed by atoms with Gasteiger partial charge in [-0.3, -0.25) is 19.2 Å². The summed E-state index contributed by atoms with van der Waals surface area (Å²) in [6.45, 7) is 10.8. The highest BCUT2D eigenvalue weighted by Gasteiger charge is 2.34. The highest BCUT2D eigenvalue weighted by atomic mass is 32.1. The second kappa shape index (κ2) is 9.69. The van der Waals surface area contributed by atoms with Gasteiger partial charge >= 0.3 is 0 Å². The van der Waals surface area contributed by atoms with Gasteiger partial charge in [-0.1, -0.05) is 32.9 Å². The van der Waals surface area contributed by atoms with E-state index < -0.39 is 12.3 Å². The summed E-state index contributed by atoms with van der Waals surface area (Å²) in [4.78, 5) is 32.5. The average molecular weight is 560 g/mol. The van der Waals surface area contributed by atoms with Crippen LogP contribution < -0.4 is 15.8 Å². The summed E-state index contributed by atoms with van der Waals surface area (Å²) in [5.41, 5.74) is 4.87. The molecule has 0 fully saturated rings. The topological polar surface area (TPSA) is 109 Å². The Morgan fingerprint density at radius 1 is 1.07 bits per heavy atom. The second-order valence-corrected chi connectivity index (χ2v) is 12.6. The third kappa shape index (κ3) is 4.53. The molecule has 1 aromatic carbocycles. The molecule has 11 heteroatoms. The number of hydrogen-bond donors (Lipinski definition) is 2. The minimum atomic E-state index is -0.564. The summed E-state index contributed by atoms with van der Waals surface area (Å²) in [5.74, 6) is 0.568. The number of nitrogens with one attached hydrogen (secondary N) is 1. The Labute approximate surface area is 236 Å². The van der Waals surface area contributed by atoms with E-state index in [1.165, 1.54) is 4.88 Å². The van der Waals surface area contributed by atoms with E-state index in [2.05, 4.69) is 54.3 Å². The number of amides is 1. The number of nitrogens with zero attached hydrogens (tertiary/aromatic N) is 6. The fraction of sp³-hybridized carbons (Fsp3) is 0.379. The van der Waals surface area contributed by atoms with E-state index in [0.29, 0.717) is 18.1 Å². The van der Waals surface area contributed by atoms with Gasteiger partial charge in [0.2, 0.25) is 0 Å². The van der Waals surface area contributed by atoms with Crippen molar-refractivity contribution in [1.29, 1.82) is 0 Å². The van der Waals surface area contributed by atoms with E-state index in [1.807, 2.05) is 35.9 Å². The molecule has 208 valence electrons. The second-order valence-electron chi connectivity index (χ2n) is 11.6. The number of aliphatic hydroxyl groups is 1. The van der Waals surface area contributed by atoms with Gasteiger partial charge in [0, 0.05) is 35.3 Å². The van der Waals surface area contributed by atoms with Crippen LogP contribution in [0.3, 0.4) is 0 Å². The minimum Gasteiger partial charge on any atom is -0.374 e. The summed E-state index contributed by atoms with van der Waals surface area (Å²) >= 11 is 1.57. The number of carbonyl (C=O) groups is 1. The van der Waals surface area contributed by atoms with Crippen molar-refractivity contribution in [1.82, 2.24) is 24.5 Å². The molecule has 4 aromatic rings. The van der Waals surface area contributed by atoms with Crippen LogP contribution in [0.1, 0.15) is 52.1 Å². The number of carbonyl (C=O) groups excluding carboxylic acids is 1. The Bertz CT molecular complexity index is 1690. The molecule has 0 saturated heterocycles. The van der Waals surface area contributed by atoms with Crippen molar-refractivity contribution in [2.24, 2.45) is 0 Å². The molecule has 2 aliphatic heterocycles. The minimum absolute atomic E-state index is 0.000729. The van der Waals surface area contributed by atoms with Crippen LogP contribution in [0.2, 0.25) is 0 Å². The maximum absolute atomic E-state index is 13.5. The molecule has 0 unspecified atom stereocenters. The molecule has 0 radical (unpaired) electrons. The van der Waals surface area contributed by atoms with Gasteiger partial charge < -0.3 is 15.3 Å². The lowest BCUT2D eigenvalue weighted by atomic mass is 9.94. The van der Waals surface area contributed by atoms with Crippen molar-refractivity contribution in [2.75, 3.05) is 23.8 Å². The maximum Gasteiger partial charge on any atom is 0.292 e. The van der Waals surface area contributed by atoms with Gasteiger partial charge in [-0.2, -0.15) is 10.2 Å². The van der Waals surface area contributed by atoms with Crippen LogP contribution in [0.15, 0.2) is 41.2 Å². The molecule has 10 nitrogen and oxygen atoms in total. The summed E-state index contributed by atoms with van der Waals surface area (Å²) < 4.78 is 2.97. The molecule has 2 N–H and O–H groups in total. The van der Waals surface area contributed by atoms with Crippen molar-refractivity contribution in [3.05, 3.63) is 73.3 Å². The third-order valence-corrected chi connectivity index (χ3v) is 9.14. The van der Waals surface area contributed by atoms with E-state index in [4.69, 9.17) is 0 Å². The van der Waals surface area contributed by atoms with Crippen molar-refractivity contribution in [3.8, 4) is 11.3 Å². The molecular formula is C29H33N7O3S. The van der Waals surface area contributed by atoms with Gasteiger partial charge in [0.05, 0.1) is 29.4 Å². The normalized spacial score (nSPS) is 15.4. The first-order chi connectivity index (χ1) is 19.0. The summed E-state index contributed by atoms with van der Waals surface area (Å²) in [6.07, 6.45) is 0. The Kier molecular flexibility index (Phi) is 6.40. The highest BCUT2D eigenvalue weighted by Crippen LogP contribution is 2.40. The molecule has 0 atom stereocenters. The van der Waals surface area contributed by atoms with Gasteiger partial charge in [-0.05, 0) is 48.7 Å². The molecule has 6 rings (SSSR count). The Balaban J connectivity index is 1.34. The lowest BCUT2D eigenvalue weighted by Crippen LogP contribution is -2.30. The molecule has 1 amide bonds. The van der Waals surface area contributed by atoms with Gasteiger partial charge in [0.1, 0.15) is 12.4 Å². The third-order valence-electron chi connectivity index (χ3n) is 7.55. The van der Waals surface area contributed by atoms with Crippen LogP contribution in [0.25, 0.3) is 11.3 Å². The van der Waals surface area contributed by atoms with E-state index in [-0.39, 0.29) is 17.0 Å². The van der Waals surface area contributed by atoms with Gasteiger partial charge in [0.15, 0.2) is 5.82 Å². The van der Waals surface area contributed by atoms with Crippen LogP contribution in [0.5, 0.6) is 0 Å². The summed E-state index contributed by atoms with van der Waals surface area (Å²) in [7, 11) is 2.06. The SMILES string of the molecule is Cc1c(-c2cc(Nc3cc4n(n3)CCN(C)C4)c(=O)n(CO)n2)cccc1N1Cc2cc(C(C)(C)C)sc2C1=O. The number of fused-ring (bicyclic) bond motifs is 2. The molecule has 0 saturated carbocycles. The molecule has 2 aliphatic rings. The Morgan fingerprint density at radius 3 is 2.60 bits per heavy atom. The zero-order valence-corrected chi connectivity index (χ0v) is 24.2. The smallest absolute Gasteiger partial charge is 0.292 e. The standard InChI is InChI=1S/C29H33N7O3S/c1-17-20(7-6-8-23(17)34-14-18-11-24(29(2,3)4)40-26(18)28(34)39)21-13-22(27(38)36(16-37)31-21)30-25-12-19-15-33(5)9-10-35(19)32-25/h6-8,11-13,37H,9-10,14-16H2,1-5H3,(H,30,32). The van der Waals surface area contributed by atoms with Gasteiger partial charge in [-0.25, -0.2) is 4.68 Å². The van der Waals surface area contributed by atoms with Gasteiger partial charge in [0.25, 0.3) is 11.5 Å². The van der Waals surface area contributed by atoms with Gasteiger partial charge in [-0.15, -0.1) is 11.3 Å². The van der Waals surface area contributed by atoms with Crippen molar-refractivity contribution in [3.63, 3.8) is 0 Å². The summed E-state index contributed by atoms with van der Waals surface area (Å²) in [6, 6.07) is 11.5. The van der Waals surface area contributed by atoms with E-state index in [1.54, 1.807) is 22.3 Å². The van der Waals surface area contributed by atoms with Crippen LogP contribution in [0.4, 0.5) is 17.2 Å². The lowest BCUT2D eigenvalue weighted by molar-refractivity contribution is 0.0999. The summed E-state index contributed by atoms with van der Waals surface area (Å²) in [5, 5.41) is 22.1. The monoisotopic (exact) mass is 559 g/mol. The first kappa shape index (κ1) is 26.4. The molecule has 0 aliphatic carbocycles. The molecule has 40 heavy (non-hydrogen) atoms. The number of aliphatic hydroxyl groups excluding tert-OH is 1. The van der Waals surface area contributed by atoms with Crippen molar-refractivity contribution >= 4 is 34.4 Å². The quantitative estimate of drug-likeness (QED) is 0.379. The van der Waals surface area contributed by atoms with E-state index >= 15 is 0 Å². The predicted molar refractivity (Wildman–Crippen MR) is 156 cm³/mol. The predicted octanol–water partition coefficient (Wildman–Crippen LogP) is 4.07. The van der Waals surface area contributed by atoms with Crippen LogP contribution in [-0.4, -0.2) is 49.1 Å². The number of likely N-dealkylation sites (N-methyl/N-ethyl adjacent to an activating group) is 1. The number of thiophene rings is 1. The zero-order chi connectivity index (χ0) is 28.3. The molecule has 5 heterocycles. The van der Waals surface area contributed by atoms with Crippen LogP contribution in [0, 0.1) is 6.92 Å². The number of benzene rings is 1. The largest absolute Gasteiger partial charge is 0.374 e.